The third-order valence-electron chi connectivity index (χ3n) is 2.55. The molecule has 1 aromatic heterocycles. The second kappa shape index (κ2) is 8.26. The van der Waals surface area contributed by atoms with E-state index in [4.69, 9.17) is 5.73 Å². The number of sulfonamides is 1. The first-order valence-electron chi connectivity index (χ1n) is 6.38. The summed E-state index contributed by atoms with van der Waals surface area (Å²) in [7, 11) is -3.38. The van der Waals surface area contributed by atoms with Crippen molar-refractivity contribution in [1.29, 1.82) is 0 Å². The molecular formula is C12H22N2O2S3. The van der Waals surface area contributed by atoms with Gasteiger partial charge >= 0.3 is 0 Å². The Bertz CT molecular complexity index is 471. The zero-order chi connectivity index (χ0) is 14.3. The second-order valence-electron chi connectivity index (χ2n) is 4.27. The Morgan fingerprint density at radius 2 is 2.21 bits per heavy atom. The minimum Gasteiger partial charge on any atom is -0.330 e. The summed E-state index contributed by atoms with van der Waals surface area (Å²) in [4.78, 5) is 1.01. The van der Waals surface area contributed by atoms with Crippen LogP contribution in [0, 0.1) is 0 Å². The zero-order valence-corrected chi connectivity index (χ0v) is 13.8. The fourth-order valence-electron chi connectivity index (χ4n) is 1.57. The van der Waals surface area contributed by atoms with Crippen LogP contribution in [-0.4, -0.2) is 32.5 Å². The molecule has 1 rings (SSSR count). The van der Waals surface area contributed by atoms with E-state index in [0.717, 1.165) is 29.2 Å². The first kappa shape index (κ1) is 17.0. The van der Waals surface area contributed by atoms with Gasteiger partial charge in [0.25, 0.3) is 0 Å². The van der Waals surface area contributed by atoms with Crippen molar-refractivity contribution in [3.63, 3.8) is 0 Å². The van der Waals surface area contributed by atoms with Crippen LogP contribution in [0.2, 0.25) is 0 Å². The van der Waals surface area contributed by atoms with Gasteiger partial charge < -0.3 is 5.73 Å². The fourth-order valence-corrected chi connectivity index (χ4v) is 5.04. The van der Waals surface area contributed by atoms with Gasteiger partial charge in [0.15, 0.2) is 0 Å². The number of rotatable bonds is 9. The van der Waals surface area contributed by atoms with Crippen molar-refractivity contribution in [3.8, 4) is 0 Å². The Balaban J connectivity index is 2.58. The third-order valence-corrected chi connectivity index (χ3v) is 6.71. The average molecular weight is 323 g/mol. The molecule has 0 aliphatic heterocycles. The van der Waals surface area contributed by atoms with E-state index in [1.807, 2.05) is 24.8 Å². The number of thiophene rings is 1. The Morgan fingerprint density at radius 1 is 1.47 bits per heavy atom. The topological polar surface area (TPSA) is 72.2 Å². The molecule has 0 spiro atoms. The largest absolute Gasteiger partial charge is 0.330 e. The van der Waals surface area contributed by atoms with E-state index in [1.165, 1.54) is 11.3 Å². The summed E-state index contributed by atoms with van der Waals surface area (Å²) in [6, 6.07) is 3.46. The Morgan fingerprint density at radius 3 is 2.84 bits per heavy atom. The van der Waals surface area contributed by atoms with Gasteiger partial charge in [-0.1, -0.05) is 6.92 Å². The summed E-state index contributed by atoms with van der Waals surface area (Å²) in [6.07, 6.45) is 1.57. The first-order chi connectivity index (χ1) is 8.99. The summed E-state index contributed by atoms with van der Waals surface area (Å²) in [5.41, 5.74) is 5.47. The minimum absolute atomic E-state index is 0.0379. The van der Waals surface area contributed by atoms with Gasteiger partial charge in [-0.05, 0) is 49.9 Å². The molecule has 1 heterocycles. The summed E-state index contributed by atoms with van der Waals surface area (Å²) in [6.45, 7) is 4.55. The van der Waals surface area contributed by atoms with Gasteiger partial charge in [0.05, 0.1) is 0 Å². The molecule has 3 N–H and O–H groups in total. The van der Waals surface area contributed by atoms with Crippen molar-refractivity contribution in [1.82, 2.24) is 4.72 Å². The van der Waals surface area contributed by atoms with Crippen molar-refractivity contribution in [2.75, 3.05) is 18.1 Å². The molecule has 4 nitrogen and oxygen atoms in total. The van der Waals surface area contributed by atoms with Crippen molar-refractivity contribution < 1.29 is 8.42 Å². The normalized spacial score (nSPS) is 13.6. The highest BCUT2D eigenvalue weighted by atomic mass is 32.2. The van der Waals surface area contributed by atoms with E-state index in [1.54, 1.807) is 6.07 Å². The maximum atomic E-state index is 12.2. The molecule has 0 aliphatic rings. The Kier molecular flexibility index (Phi) is 7.38. The van der Waals surface area contributed by atoms with Gasteiger partial charge in [0.1, 0.15) is 4.21 Å². The highest BCUT2D eigenvalue weighted by Gasteiger charge is 2.19. The van der Waals surface area contributed by atoms with Gasteiger partial charge in [-0.25, -0.2) is 13.1 Å². The monoisotopic (exact) mass is 322 g/mol. The van der Waals surface area contributed by atoms with Crippen LogP contribution in [0.1, 0.15) is 25.1 Å². The second-order valence-corrected chi connectivity index (χ2v) is 8.77. The van der Waals surface area contributed by atoms with Gasteiger partial charge in [0, 0.05) is 10.9 Å². The van der Waals surface area contributed by atoms with E-state index in [-0.39, 0.29) is 6.04 Å². The molecule has 0 saturated heterocycles. The van der Waals surface area contributed by atoms with Crippen LogP contribution in [0.15, 0.2) is 16.3 Å². The van der Waals surface area contributed by atoms with E-state index in [0.29, 0.717) is 10.8 Å². The SMILES string of the molecule is CCSCCC(C)NS(=O)(=O)c1ccc(CCN)s1. The van der Waals surface area contributed by atoms with Crippen LogP contribution in [0.3, 0.4) is 0 Å². The molecule has 0 amide bonds. The molecule has 1 unspecified atom stereocenters. The number of hydrogen-bond donors (Lipinski definition) is 2. The maximum absolute atomic E-state index is 12.2. The molecule has 0 fully saturated rings. The van der Waals surface area contributed by atoms with E-state index in [2.05, 4.69) is 11.6 Å². The molecule has 0 saturated carbocycles. The molecule has 19 heavy (non-hydrogen) atoms. The van der Waals surface area contributed by atoms with Crippen LogP contribution in [0.5, 0.6) is 0 Å². The lowest BCUT2D eigenvalue weighted by Gasteiger charge is -2.12. The highest BCUT2D eigenvalue weighted by Crippen LogP contribution is 2.22. The Hall–Kier alpha value is -0.0800. The van der Waals surface area contributed by atoms with Gasteiger partial charge in [-0.2, -0.15) is 11.8 Å². The quantitative estimate of drug-likeness (QED) is 0.683. The molecule has 0 aromatic carbocycles. The van der Waals surface area contributed by atoms with Gasteiger partial charge in [0.2, 0.25) is 10.0 Å². The van der Waals surface area contributed by atoms with Crippen LogP contribution >= 0.6 is 23.1 Å². The predicted octanol–water partition coefficient (Wildman–Crippen LogP) is 2.06. The van der Waals surface area contributed by atoms with Crippen LogP contribution in [0.4, 0.5) is 0 Å². The molecule has 1 atom stereocenters. The maximum Gasteiger partial charge on any atom is 0.250 e. The molecule has 0 bridgehead atoms. The van der Waals surface area contributed by atoms with Crippen molar-refractivity contribution in [2.24, 2.45) is 5.73 Å². The smallest absolute Gasteiger partial charge is 0.250 e. The molecule has 110 valence electrons. The van der Waals surface area contributed by atoms with E-state index >= 15 is 0 Å². The number of nitrogens with one attached hydrogen (secondary N) is 1. The predicted molar refractivity (Wildman–Crippen MR) is 84.5 cm³/mol. The summed E-state index contributed by atoms with van der Waals surface area (Å²) in [5.74, 6) is 2.04. The lowest BCUT2D eigenvalue weighted by molar-refractivity contribution is 0.559. The van der Waals surface area contributed by atoms with Crippen molar-refractivity contribution >= 4 is 33.1 Å². The first-order valence-corrected chi connectivity index (χ1v) is 9.84. The summed E-state index contributed by atoms with van der Waals surface area (Å²) >= 11 is 3.12. The molecule has 1 aromatic rings. The standard InChI is InChI=1S/C12H22N2O2S3/c1-3-17-9-7-10(2)14-19(15,16)12-5-4-11(18-12)6-8-13/h4-5,10,14H,3,6-9,13H2,1-2H3. The summed E-state index contributed by atoms with van der Waals surface area (Å²) < 4.78 is 27.4. The summed E-state index contributed by atoms with van der Waals surface area (Å²) in [5, 5.41) is 0. The molecule has 0 radical (unpaired) electrons. The molecular weight excluding hydrogens is 300 g/mol. The number of thioether (sulfide) groups is 1. The van der Waals surface area contributed by atoms with Crippen molar-refractivity contribution in [3.05, 3.63) is 17.0 Å². The lowest BCUT2D eigenvalue weighted by atomic mass is 10.3. The minimum atomic E-state index is -3.38. The zero-order valence-electron chi connectivity index (χ0n) is 11.4. The molecule has 7 heteroatoms. The van der Waals surface area contributed by atoms with Gasteiger partial charge in [-0.3, -0.25) is 0 Å². The average Bonchev–Trinajstić information content (AvgIpc) is 2.78. The lowest BCUT2D eigenvalue weighted by Crippen LogP contribution is -2.32. The van der Waals surface area contributed by atoms with Crippen LogP contribution in [-0.2, 0) is 16.4 Å². The fraction of sp³-hybridized carbons (Fsp3) is 0.667. The van der Waals surface area contributed by atoms with Gasteiger partial charge in [-0.15, -0.1) is 11.3 Å². The molecule has 0 aliphatic carbocycles. The van der Waals surface area contributed by atoms with Crippen LogP contribution in [0.25, 0.3) is 0 Å². The third kappa shape index (κ3) is 5.83. The highest BCUT2D eigenvalue weighted by molar-refractivity contribution is 7.99. The van der Waals surface area contributed by atoms with Crippen LogP contribution < -0.4 is 10.5 Å². The Labute approximate surface area is 124 Å². The number of nitrogens with two attached hydrogens (primary N) is 1. The van der Waals surface area contributed by atoms with Crippen molar-refractivity contribution in [2.45, 2.75) is 36.9 Å². The number of hydrogen-bond acceptors (Lipinski definition) is 5. The van der Waals surface area contributed by atoms with E-state index in [9.17, 15) is 8.42 Å². The van der Waals surface area contributed by atoms with E-state index < -0.39 is 10.0 Å².